The molecule has 0 bridgehead atoms. The van der Waals surface area contributed by atoms with Crippen molar-refractivity contribution >= 4 is 59.9 Å². The van der Waals surface area contributed by atoms with Crippen LogP contribution in [0.25, 0.3) is 22.9 Å². The number of rotatable bonds is 7. The summed E-state index contributed by atoms with van der Waals surface area (Å²) in [6.07, 6.45) is 4.39. The first kappa shape index (κ1) is 23.7. The average molecular weight is 504 g/mol. The van der Waals surface area contributed by atoms with E-state index < -0.39 is 9.52 Å². The lowest BCUT2D eigenvalue weighted by Gasteiger charge is -2.27. The number of nitrogens with zero attached hydrogens (tertiary/aromatic N) is 1. The molecule has 0 N–H and O–H groups in total. The van der Waals surface area contributed by atoms with Crippen molar-refractivity contribution < 1.29 is 0 Å². The Hall–Kier alpha value is -4.66. The molecule has 0 atom stereocenters. The van der Waals surface area contributed by atoms with Gasteiger partial charge in [0, 0.05) is 16.8 Å². The molecular formula is C36H29NSi. The highest BCUT2D eigenvalue weighted by Crippen LogP contribution is 2.38. The topological polar surface area (TPSA) is 3.24 Å². The first-order chi connectivity index (χ1) is 18.8. The molecule has 182 valence electrons. The van der Waals surface area contributed by atoms with Gasteiger partial charge in [0.15, 0.2) is 0 Å². The lowest BCUT2D eigenvalue weighted by Crippen LogP contribution is -2.26. The van der Waals surface area contributed by atoms with Gasteiger partial charge in [0.25, 0.3) is 0 Å². The predicted octanol–water partition coefficient (Wildman–Crippen LogP) is 7.60. The minimum absolute atomic E-state index is 0.414. The van der Waals surface area contributed by atoms with Crippen LogP contribution in [0.4, 0.5) is 17.1 Å². The summed E-state index contributed by atoms with van der Waals surface area (Å²) >= 11 is 0. The predicted molar refractivity (Wildman–Crippen MR) is 168 cm³/mol. The summed E-state index contributed by atoms with van der Waals surface area (Å²) in [5.74, 6) is 0. The Kier molecular flexibility index (Phi) is 6.97. The molecule has 1 nitrogen and oxygen atoms in total. The van der Waals surface area contributed by atoms with E-state index in [0.29, 0.717) is 0 Å². The average Bonchev–Trinajstić information content (AvgIpc) is 2.99. The van der Waals surface area contributed by atoms with Crippen LogP contribution >= 0.6 is 0 Å². The summed E-state index contributed by atoms with van der Waals surface area (Å²) in [6.45, 7) is 0. The van der Waals surface area contributed by atoms with Gasteiger partial charge in [0.05, 0.1) is 15.2 Å². The monoisotopic (exact) mass is 503 g/mol. The number of para-hydroxylation sites is 1. The van der Waals surface area contributed by atoms with Gasteiger partial charge < -0.3 is 4.90 Å². The molecule has 38 heavy (non-hydrogen) atoms. The number of anilines is 3. The summed E-state index contributed by atoms with van der Waals surface area (Å²) in [5, 5.41) is 5.42. The van der Waals surface area contributed by atoms with Crippen LogP contribution in [-0.2, 0) is 0 Å². The molecule has 0 amide bonds. The van der Waals surface area contributed by atoms with Crippen LogP contribution in [0.3, 0.4) is 0 Å². The van der Waals surface area contributed by atoms with E-state index in [1.165, 1.54) is 38.0 Å². The largest absolute Gasteiger partial charge is 0.310 e. The quantitative estimate of drug-likeness (QED) is 0.160. The zero-order chi connectivity index (χ0) is 25.6. The summed E-state index contributed by atoms with van der Waals surface area (Å²) in [5.41, 5.74) is 5.87. The Bertz CT molecular complexity index is 1650. The van der Waals surface area contributed by atoms with Crippen LogP contribution in [0.1, 0.15) is 11.1 Å². The molecule has 0 aliphatic heterocycles. The Balaban J connectivity index is 1.25. The fourth-order valence-electron chi connectivity index (χ4n) is 4.91. The van der Waals surface area contributed by atoms with Gasteiger partial charge in [-0.05, 0) is 46.8 Å². The van der Waals surface area contributed by atoms with Gasteiger partial charge in [-0.25, -0.2) is 0 Å². The highest BCUT2D eigenvalue weighted by atomic mass is 28.2. The molecule has 0 heterocycles. The summed E-state index contributed by atoms with van der Waals surface area (Å²) < 4.78 is 0. The van der Waals surface area contributed by atoms with Crippen molar-refractivity contribution in [2.24, 2.45) is 0 Å². The van der Waals surface area contributed by atoms with Crippen LogP contribution < -0.4 is 15.3 Å². The fourth-order valence-corrected chi connectivity index (χ4v) is 6.36. The van der Waals surface area contributed by atoms with Gasteiger partial charge in [-0.2, -0.15) is 0 Å². The molecule has 0 spiro atoms. The Morgan fingerprint density at radius 3 is 1.66 bits per heavy atom. The SMILES string of the molecule is C(=Cc1ccc(N(c2ccccc2)c2cccc3ccccc23)cc1)c1ccc([SiH2]c2ccccc2)cc1. The molecule has 0 fully saturated rings. The second-order valence-corrected chi connectivity index (χ2v) is 11.5. The molecule has 6 rings (SSSR count). The normalized spacial score (nSPS) is 11.5. The van der Waals surface area contributed by atoms with Crippen LogP contribution in [0.15, 0.2) is 152 Å². The second-order valence-electron chi connectivity index (χ2n) is 9.50. The highest BCUT2D eigenvalue weighted by Gasteiger charge is 2.14. The fraction of sp³-hybridized carbons (Fsp3) is 0. The van der Waals surface area contributed by atoms with Crippen molar-refractivity contribution in [2.45, 2.75) is 0 Å². The molecule has 0 saturated heterocycles. The molecule has 0 radical (unpaired) electrons. The van der Waals surface area contributed by atoms with Gasteiger partial charge in [-0.3, -0.25) is 0 Å². The van der Waals surface area contributed by atoms with E-state index >= 15 is 0 Å². The highest BCUT2D eigenvalue weighted by molar-refractivity contribution is 6.67. The zero-order valence-corrected chi connectivity index (χ0v) is 22.7. The number of fused-ring (bicyclic) bond motifs is 1. The molecule has 0 aliphatic carbocycles. The van der Waals surface area contributed by atoms with Gasteiger partial charge in [0.1, 0.15) is 0 Å². The third kappa shape index (κ3) is 5.36. The minimum atomic E-state index is -0.414. The van der Waals surface area contributed by atoms with E-state index in [0.717, 1.165) is 11.4 Å². The van der Waals surface area contributed by atoms with Crippen molar-refractivity contribution in [2.75, 3.05) is 4.90 Å². The molecule has 0 aliphatic rings. The minimum Gasteiger partial charge on any atom is -0.310 e. The molecule has 2 heteroatoms. The van der Waals surface area contributed by atoms with Gasteiger partial charge >= 0.3 is 0 Å². The van der Waals surface area contributed by atoms with Crippen LogP contribution in [0, 0.1) is 0 Å². The maximum Gasteiger partial charge on any atom is 0.0875 e. The molecule has 0 aromatic heterocycles. The van der Waals surface area contributed by atoms with Crippen molar-refractivity contribution in [3.63, 3.8) is 0 Å². The molecule has 6 aromatic rings. The van der Waals surface area contributed by atoms with E-state index in [4.69, 9.17) is 0 Å². The Morgan fingerprint density at radius 2 is 0.947 bits per heavy atom. The van der Waals surface area contributed by atoms with E-state index in [1.54, 1.807) is 0 Å². The molecule has 0 unspecified atom stereocenters. The van der Waals surface area contributed by atoms with Gasteiger partial charge in [0.2, 0.25) is 0 Å². The maximum absolute atomic E-state index is 2.34. The number of benzene rings is 6. The summed E-state index contributed by atoms with van der Waals surface area (Å²) in [7, 11) is -0.414. The van der Waals surface area contributed by atoms with Crippen LogP contribution in [-0.4, -0.2) is 9.52 Å². The molecule has 6 aromatic carbocycles. The van der Waals surface area contributed by atoms with E-state index in [2.05, 4.69) is 169 Å². The molecular weight excluding hydrogens is 474 g/mol. The zero-order valence-electron chi connectivity index (χ0n) is 21.2. The van der Waals surface area contributed by atoms with E-state index in [-0.39, 0.29) is 0 Å². The Morgan fingerprint density at radius 1 is 0.421 bits per heavy atom. The van der Waals surface area contributed by atoms with Crippen molar-refractivity contribution in [3.8, 4) is 0 Å². The van der Waals surface area contributed by atoms with Crippen molar-refractivity contribution in [1.29, 1.82) is 0 Å². The number of hydrogen-bond acceptors (Lipinski definition) is 1. The molecule has 0 saturated carbocycles. The second kappa shape index (κ2) is 11.2. The van der Waals surface area contributed by atoms with E-state index in [9.17, 15) is 0 Å². The van der Waals surface area contributed by atoms with Gasteiger partial charge in [-0.15, -0.1) is 0 Å². The lowest BCUT2D eigenvalue weighted by molar-refractivity contribution is 1.30. The Labute approximate surface area is 227 Å². The third-order valence-electron chi connectivity index (χ3n) is 6.87. The number of hydrogen-bond donors (Lipinski definition) is 0. The standard InChI is InChI=1S/C36H29NSi/c1-3-12-31(13-4-1)37(36-17-9-11-30-10-7-8-16-35(30)36)32-24-20-28(21-25-32)18-19-29-22-26-34(27-23-29)38-33-14-5-2-6-15-33/h1-27H,38H2. The summed E-state index contributed by atoms with van der Waals surface area (Å²) in [4.78, 5) is 2.34. The third-order valence-corrected chi connectivity index (χ3v) is 8.63. The van der Waals surface area contributed by atoms with Crippen LogP contribution in [0.5, 0.6) is 0 Å². The van der Waals surface area contributed by atoms with Crippen molar-refractivity contribution in [3.05, 3.63) is 163 Å². The van der Waals surface area contributed by atoms with Crippen LogP contribution in [0.2, 0.25) is 0 Å². The lowest BCUT2D eigenvalue weighted by atomic mass is 10.1. The first-order valence-electron chi connectivity index (χ1n) is 13.1. The smallest absolute Gasteiger partial charge is 0.0875 e. The maximum atomic E-state index is 2.34. The first-order valence-corrected chi connectivity index (χ1v) is 14.5. The van der Waals surface area contributed by atoms with Gasteiger partial charge in [-0.1, -0.05) is 144 Å². The summed E-state index contributed by atoms with van der Waals surface area (Å²) in [6, 6.07) is 54.3. The van der Waals surface area contributed by atoms with Crippen molar-refractivity contribution in [1.82, 2.24) is 0 Å². The van der Waals surface area contributed by atoms with E-state index in [1.807, 2.05) is 0 Å².